The molecule has 0 radical (unpaired) electrons. The van der Waals surface area contributed by atoms with Crippen LogP contribution in [0.2, 0.25) is 0 Å². The monoisotopic (exact) mass is 570 g/mol. The number of aliphatic imine (C=N–C) groups is 1. The first-order chi connectivity index (χ1) is 15.6. The van der Waals surface area contributed by atoms with Crippen LogP contribution in [-0.2, 0) is 10.2 Å². The number of piperazine rings is 1. The number of nitrogens with zero attached hydrogens (tertiary/aromatic N) is 3. The molecule has 0 saturated carbocycles. The van der Waals surface area contributed by atoms with Gasteiger partial charge in [0.15, 0.2) is 11.7 Å². The van der Waals surface area contributed by atoms with Crippen molar-refractivity contribution >= 4 is 35.8 Å². The average Bonchev–Trinajstić information content (AvgIpc) is 3.37. The van der Waals surface area contributed by atoms with E-state index in [1.54, 1.807) is 24.3 Å². The number of ether oxygens (including phenoxy) is 1. The summed E-state index contributed by atoms with van der Waals surface area (Å²) < 4.78 is 24.8. The summed E-state index contributed by atoms with van der Waals surface area (Å²) in [6, 6.07) is 10.3. The van der Waals surface area contributed by atoms with Crippen LogP contribution in [0, 0.1) is 5.82 Å². The Morgan fingerprint density at radius 2 is 1.85 bits per heavy atom. The molecule has 0 spiro atoms. The van der Waals surface area contributed by atoms with Crippen LogP contribution in [0.4, 0.5) is 4.39 Å². The molecule has 1 amide bonds. The minimum Gasteiger partial charge on any atom is -0.459 e. The molecule has 7 nitrogen and oxygen atoms in total. The molecule has 1 N–H and O–H groups in total. The number of furan rings is 1. The fourth-order valence-corrected chi connectivity index (χ4v) is 4.45. The minimum atomic E-state index is -0.238. The smallest absolute Gasteiger partial charge is 0.289 e. The van der Waals surface area contributed by atoms with Crippen molar-refractivity contribution in [2.24, 2.45) is 4.99 Å². The van der Waals surface area contributed by atoms with Crippen molar-refractivity contribution in [3.63, 3.8) is 0 Å². The number of amides is 1. The molecule has 1 aromatic carbocycles. The van der Waals surface area contributed by atoms with Crippen molar-refractivity contribution in [1.29, 1.82) is 0 Å². The molecule has 9 heteroatoms. The number of carbonyl (C=O) groups is 1. The van der Waals surface area contributed by atoms with Gasteiger partial charge in [0.05, 0.1) is 12.8 Å². The first-order valence-corrected chi connectivity index (χ1v) is 11.3. The highest BCUT2D eigenvalue weighted by atomic mass is 127. The van der Waals surface area contributed by atoms with E-state index in [-0.39, 0.29) is 41.1 Å². The van der Waals surface area contributed by atoms with Gasteiger partial charge < -0.3 is 24.3 Å². The van der Waals surface area contributed by atoms with E-state index in [4.69, 9.17) is 14.1 Å². The topological polar surface area (TPSA) is 70.3 Å². The van der Waals surface area contributed by atoms with Crippen LogP contribution in [0.25, 0.3) is 0 Å². The summed E-state index contributed by atoms with van der Waals surface area (Å²) in [5.41, 5.74) is 0.743. The third kappa shape index (κ3) is 6.06. The van der Waals surface area contributed by atoms with E-state index in [1.807, 2.05) is 17.9 Å². The van der Waals surface area contributed by atoms with E-state index in [2.05, 4.69) is 10.2 Å². The first-order valence-electron chi connectivity index (χ1n) is 11.3. The van der Waals surface area contributed by atoms with Gasteiger partial charge in [0.25, 0.3) is 5.91 Å². The number of hydrogen-bond donors (Lipinski definition) is 1. The fourth-order valence-electron chi connectivity index (χ4n) is 4.45. The van der Waals surface area contributed by atoms with Crippen LogP contribution in [0.3, 0.4) is 0 Å². The summed E-state index contributed by atoms with van der Waals surface area (Å²) in [4.78, 5) is 21.5. The Bertz CT molecular complexity index is 924. The molecule has 33 heavy (non-hydrogen) atoms. The molecule has 180 valence electrons. The molecule has 3 heterocycles. The number of hydrogen-bond acceptors (Lipinski definition) is 4. The molecule has 2 fully saturated rings. The summed E-state index contributed by atoms with van der Waals surface area (Å²) in [5.74, 6) is 0.904. The highest BCUT2D eigenvalue weighted by Crippen LogP contribution is 2.35. The minimum absolute atomic E-state index is 0. The Labute approximate surface area is 211 Å². The van der Waals surface area contributed by atoms with E-state index in [9.17, 15) is 9.18 Å². The standard InChI is InChI=1S/C24H31FN4O3.HI/c1-2-26-23(29-12-10-28(11-13-29)22(30)21-7-4-14-32-21)27-18-24(8-15-31-16-9-24)19-5-3-6-20(25)17-19;/h3-7,14,17H,2,8-13,15-16,18H2,1H3,(H,26,27);1H. The molecule has 2 aliphatic heterocycles. The Kier molecular flexibility index (Phi) is 9.13. The number of carbonyl (C=O) groups excluding carboxylic acids is 1. The molecule has 2 aromatic rings. The average molecular weight is 570 g/mol. The summed E-state index contributed by atoms with van der Waals surface area (Å²) in [6.45, 7) is 7.24. The lowest BCUT2D eigenvalue weighted by molar-refractivity contribution is 0.0528. The molecule has 0 unspecified atom stereocenters. The van der Waals surface area contributed by atoms with E-state index in [1.165, 1.54) is 12.3 Å². The maximum Gasteiger partial charge on any atom is 0.289 e. The van der Waals surface area contributed by atoms with Gasteiger partial charge in [0.2, 0.25) is 0 Å². The molecule has 1 aromatic heterocycles. The zero-order chi connectivity index (χ0) is 22.4. The number of benzene rings is 1. The Morgan fingerprint density at radius 3 is 2.48 bits per heavy atom. The van der Waals surface area contributed by atoms with Gasteiger partial charge in [-0.15, -0.1) is 24.0 Å². The zero-order valence-corrected chi connectivity index (χ0v) is 21.3. The van der Waals surface area contributed by atoms with Gasteiger partial charge in [-0.05, 0) is 49.6 Å². The number of rotatable bonds is 5. The van der Waals surface area contributed by atoms with E-state index < -0.39 is 0 Å². The highest BCUT2D eigenvalue weighted by Gasteiger charge is 2.35. The van der Waals surface area contributed by atoms with Crippen molar-refractivity contribution in [3.05, 3.63) is 59.8 Å². The second-order valence-corrected chi connectivity index (χ2v) is 8.33. The largest absolute Gasteiger partial charge is 0.459 e. The third-order valence-electron chi connectivity index (χ3n) is 6.35. The van der Waals surface area contributed by atoms with Gasteiger partial charge in [-0.3, -0.25) is 9.79 Å². The SMILES string of the molecule is CCNC(=NCC1(c2cccc(F)c2)CCOCC1)N1CCN(C(=O)c2ccco2)CC1.I. The van der Waals surface area contributed by atoms with Crippen LogP contribution in [0.15, 0.2) is 52.1 Å². The van der Waals surface area contributed by atoms with E-state index in [0.29, 0.717) is 51.7 Å². The molecular weight excluding hydrogens is 538 g/mol. The van der Waals surface area contributed by atoms with Crippen LogP contribution < -0.4 is 5.32 Å². The summed E-state index contributed by atoms with van der Waals surface area (Å²) >= 11 is 0. The summed E-state index contributed by atoms with van der Waals surface area (Å²) in [5, 5.41) is 3.39. The Morgan fingerprint density at radius 1 is 1.12 bits per heavy atom. The van der Waals surface area contributed by atoms with Crippen molar-refractivity contribution in [3.8, 4) is 0 Å². The maximum absolute atomic E-state index is 14.0. The number of halogens is 2. The van der Waals surface area contributed by atoms with Gasteiger partial charge in [-0.2, -0.15) is 0 Å². The lowest BCUT2D eigenvalue weighted by atomic mass is 9.74. The maximum atomic E-state index is 14.0. The van der Waals surface area contributed by atoms with Gasteiger partial charge in [0.1, 0.15) is 5.82 Å². The number of guanidine groups is 1. The van der Waals surface area contributed by atoms with Gasteiger partial charge in [-0.25, -0.2) is 4.39 Å². The second-order valence-electron chi connectivity index (χ2n) is 8.33. The third-order valence-corrected chi connectivity index (χ3v) is 6.35. The molecule has 2 saturated heterocycles. The predicted octanol–water partition coefficient (Wildman–Crippen LogP) is 3.51. The Hall–Kier alpha value is -2.14. The highest BCUT2D eigenvalue weighted by molar-refractivity contribution is 14.0. The summed E-state index contributed by atoms with van der Waals surface area (Å²) in [7, 11) is 0. The van der Waals surface area contributed by atoms with E-state index in [0.717, 1.165) is 30.9 Å². The van der Waals surface area contributed by atoms with E-state index >= 15 is 0 Å². The molecular formula is C24H32FIN4O3. The lowest BCUT2D eigenvalue weighted by Crippen LogP contribution is -2.54. The quantitative estimate of drug-likeness (QED) is 0.339. The lowest BCUT2D eigenvalue weighted by Gasteiger charge is -2.39. The van der Waals surface area contributed by atoms with Crippen LogP contribution in [0.1, 0.15) is 35.9 Å². The molecule has 2 aliphatic rings. The van der Waals surface area contributed by atoms with Crippen LogP contribution in [-0.4, -0.2) is 74.1 Å². The van der Waals surface area contributed by atoms with Crippen LogP contribution >= 0.6 is 24.0 Å². The molecule has 4 rings (SSSR count). The van der Waals surface area contributed by atoms with Crippen molar-refractivity contribution in [1.82, 2.24) is 15.1 Å². The zero-order valence-electron chi connectivity index (χ0n) is 19.0. The van der Waals surface area contributed by atoms with Gasteiger partial charge in [-0.1, -0.05) is 12.1 Å². The van der Waals surface area contributed by atoms with Gasteiger partial charge >= 0.3 is 0 Å². The Balaban J connectivity index is 0.00000306. The van der Waals surface area contributed by atoms with Gasteiger partial charge in [0, 0.05) is 51.4 Å². The van der Waals surface area contributed by atoms with Crippen molar-refractivity contribution < 1.29 is 18.3 Å². The predicted molar refractivity (Wildman–Crippen MR) is 136 cm³/mol. The molecule has 0 atom stereocenters. The number of nitrogens with one attached hydrogen (secondary N) is 1. The molecule has 0 bridgehead atoms. The summed E-state index contributed by atoms with van der Waals surface area (Å²) in [6.07, 6.45) is 3.14. The second kappa shape index (κ2) is 11.8. The van der Waals surface area contributed by atoms with Crippen molar-refractivity contribution in [2.75, 3.05) is 52.5 Å². The van der Waals surface area contributed by atoms with Crippen molar-refractivity contribution in [2.45, 2.75) is 25.2 Å². The fraction of sp³-hybridized carbons (Fsp3) is 0.500. The van der Waals surface area contributed by atoms with Crippen LogP contribution in [0.5, 0.6) is 0 Å². The first kappa shape index (κ1) is 25.5. The molecule has 0 aliphatic carbocycles. The normalized spacial score (nSPS) is 18.5.